The van der Waals surface area contributed by atoms with Crippen LogP contribution in [0.25, 0.3) is 0 Å². The molecule has 0 aromatic rings. The van der Waals surface area contributed by atoms with Crippen LogP contribution in [0.4, 0.5) is 4.39 Å². The predicted octanol–water partition coefficient (Wildman–Crippen LogP) is 3.37. The zero-order valence-corrected chi connectivity index (χ0v) is 9.29. The third-order valence-electron chi connectivity index (χ3n) is 3.03. The number of halogens is 1. The lowest BCUT2D eigenvalue weighted by atomic mass is 9.99. The van der Waals surface area contributed by atoms with Crippen molar-refractivity contribution in [2.75, 3.05) is 0 Å². The van der Waals surface area contributed by atoms with Crippen molar-refractivity contribution >= 4 is 5.78 Å². The highest BCUT2D eigenvalue weighted by Gasteiger charge is 2.33. The maximum atomic E-state index is 13.7. The van der Waals surface area contributed by atoms with Gasteiger partial charge in [0.05, 0.1) is 0 Å². The Morgan fingerprint density at radius 1 is 1.56 bits per heavy atom. The Balaban J connectivity index is 2.44. The summed E-state index contributed by atoms with van der Waals surface area (Å²) in [7, 11) is 0. The van der Waals surface area contributed by atoms with Gasteiger partial charge in [-0.1, -0.05) is 13.0 Å². The van der Waals surface area contributed by atoms with Crippen molar-refractivity contribution in [3.05, 3.63) is 34.9 Å². The smallest absolute Gasteiger partial charge is 0.162 e. The Morgan fingerprint density at radius 3 is 2.81 bits per heavy atom. The molecule has 0 aromatic carbocycles. The van der Waals surface area contributed by atoms with Gasteiger partial charge in [0.25, 0.3) is 0 Å². The molecule has 0 heterocycles. The second-order valence-corrected chi connectivity index (χ2v) is 4.25. The van der Waals surface area contributed by atoms with E-state index in [0.29, 0.717) is 24.0 Å². The molecule has 2 aliphatic carbocycles. The minimum Gasteiger partial charge on any atom is -0.507 e. The van der Waals surface area contributed by atoms with E-state index in [1.165, 1.54) is 6.08 Å². The summed E-state index contributed by atoms with van der Waals surface area (Å²) in [6.45, 7) is 1.74. The van der Waals surface area contributed by atoms with E-state index in [0.717, 1.165) is 12.8 Å². The van der Waals surface area contributed by atoms with Gasteiger partial charge in [0, 0.05) is 17.6 Å². The number of allylic oxidation sites excluding steroid dienone is 5. The van der Waals surface area contributed by atoms with Crippen LogP contribution in [0.15, 0.2) is 34.9 Å². The van der Waals surface area contributed by atoms with E-state index >= 15 is 0 Å². The van der Waals surface area contributed by atoms with E-state index in [9.17, 15) is 14.3 Å². The van der Waals surface area contributed by atoms with E-state index < -0.39 is 0 Å². The van der Waals surface area contributed by atoms with Gasteiger partial charge in [0.15, 0.2) is 5.78 Å². The molecule has 1 fully saturated rings. The monoisotopic (exact) mass is 222 g/mol. The van der Waals surface area contributed by atoms with Crippen molar-refractivity contribution in [3.63, 3.8) is 0 Å². The fourth-order valence-corrected chi connectivity index (χ4v) is 1.96. The number of hydrogen-bond donors (Lipinski definition) is 1. The van der Waals surface area contributed by atoms with Gasteiger partial charge in [-0.2, -0.15) is 0 Å². The number of hydrogen-bond acceptors (Lipinski definition) is 2. The van der Waals surface area contributed by atoms with E-state index in [-0.39, 0.29) is 23.3 Å². The molecule has 1 saturated carbocycles. The molecule has 1 N–H and O–H groups in total. The first-order valence-corrected chi connectivity index (χ1v) is 5.67. The summed E-state index contributed by atoms with van der Waals surface area (Å²) in [6, 6.07) is 0. The van der Waals surface area contributed by atoms with Crippen molar-refractivity contribution in [1.82, 2.24) is 0 Å². The largest absolute Gasteiger partial charge is 0.507 e. The summed E-state index contributed by atoms with van der Waals surface area (Å²) < 4.78 is 13.7. The lowest BCUT2D eigenvalue weighted by Gasteiger charge is -2.09. The lowest BCUT2D eigenvalue weighted by molar-refractivity contribution is -0.115. The van der Waals surface area contributed by atoms with Gasteiger partial charge in [-0.25, -0.2) is 4.39 Å². The minimum atomic E-state index is -0.390. The van der Waals surface area contributed by atoms with E-state index in [4.69, 9.17) is 0 Å². The topological polar surface area (TPSA) is 37.3 Å². The molecule has 0 spiro atoms. The fourth-order valence-electron chi connectivity index (χ4n) is 1.96. The van der Waals surface area contributed by atoms with E-state index in [1.807, 2.05) is 0 Å². The molecule has 0 unspecified atom stereocenters. The molecule has 0 aromatic heterocycles. The molecule has 0 saturated heterocycles. The number of ketones is 1. The zero-order chi connectivity index (χ0) is 11.7. The highest BCUT2D eigenvalue weighted by Crippen LogP contribution is 2.43. The highest BCUT2D eigenvalue weighted by molar-refractivity contribution is 5.96. The maximum absolute atomic E-state index is 13.7. The molecule has 86 valence electrons. The molecule has 2 rings (SSSR count). The quantitative estimate of drug-likeness (QED) is 0.794. The van der Waals surface area contributed by atoms with Gasteiger partial charge in [0.2, 0.25) is 0 Å². The van der Waals surface area contributed by atoms with Crippen molar-refractivity contribution in [1.29, 1.82) is 0 Å². The van der Waals surface area contributed by atoms with Crippen LogP contribution in [0, 0.1) is 5.92 Å². The standard InChI is InChI=1S/C13H15FO2/c1-2-11(15)9-4-3-5-10(14)12(13(9)16)8-6-7-8/h3,5,8,16H,2,4,6-7H2,1H3. The van der Waals surface area contributed by atoms with E-state index in [1.54, 1.807) is 13.0 Å². The summed E-state index contributed by atoms with van der Waals surface area (Å²) in [6.07, 6.45) is 5.42. The van der Waals surface area contributed by atoms with Crippen LogP contribution in [-0.2, 0) is 4.79 Å². The highest BCUT2D eigenvalue weighted by atomic mass is 19.1. The Morgan fingerprint density at radius 2 is 2.25 bits per heavy atom. The Labute approximate surface area is 94.2 Å². The Kier molecular flexibility index (Phi) is 2.95. The van der Waals surface area contributed by atoms with Gasteiger partial charge in [0.1, 0.15) is 11.6 Å². The molecule has 2 nitrogen and oxygen atoms in total. The molecule has 0 bridgehead atoms. The van der Waals surface area contributed by atoms with Gasteiger partial charge < -0.3 is 5.11 Å². The second-order valence-electron chi connectivity index (χ2n) is 4.25. The molecule has 0 radical (unpaired) electrons. The van der Waals surface area contributed by atoms with Crippen LogP contribution in [0.2, 0.25) is 0 Å². The number of carbonyl (C=O) groups excluding carboxylic acids is 1. The van der Waals surface area contributed by atoms with Crippen LogP contribution >= 0.6 is 0 Å². The van der Waals surface area contributed by atoms with Gasteiger partial charge >= 0.3 is 0 Å². The van der Waals surface area contributed by atoms with Crippen LogP contribution in [0.3, 0.4) is 0 Å². The predicted molar refractivity (Wildman–Crippen MR) is 59.6 cm³/mol. The van der Waals surface area contributed by atoms with Crippen molar-refractivity contribution in [2.24, 2.45) is 5.92 Å². The van der Waals surface area contributed by atoms with Crippen molar-refractivity contribution < 1.29 is 14.3 Å². The molecule has 3 heteroatoms. The van der Waals surface area contributed by atoms with Gasteiger partial charge in [-0.05, 0) is 31.3 Å². The number of aliphatic hydroxyl groups excluding tert-OH is 1. The zero-order valence-electron chi connectivity index (χ0n) is 9.29. The SMILES string of the molecule is CCC(=O)C1=C(O)C(C2CC2)=C(F)C=CC1. The maximum Gasteiger partial charge on any atom is 0.162 e. The first kappa shape index (κ1) is 11.1. The van der Waals surface area contributed by atoms with Crippen LogP contribution in [0.5, 0.6) is 0 Å². The first-order chi connectivity index (χ1) is 7.65. The minimum absolute atomic E-state index is 0.0995. The summed E-state index contributed by atoms with van der Waals surface area (Å²) in [5.74, 6) is -0.506. The fraction of sp³-hybridized carbons (Fsp3) is 0.462. The Hall–Kier alpha value is -1.38. The number of rotatable bonds is 3. The van der Waals surface area contributed by atoms with Crippen molar-refractivity contribution in [2.45, 2.75) is 32.6 Å². The molecule has 0 aliphatic heterocycles. The molecular formula is C13H15FO2. The molecule has 0 amide bonds. The molecular weight excluding hydrogens is 207 g/mol. The van der Waals surface area contributed by atoms with Gasteiger partial charge in [-0.15, -0.1) is 0 Å². The molecule has 2 aliphatic rings. The number of carbonyl (C=O) groups is 1. The Bertz CT molecular complexity index is 412. The average molecular weight is 222 g/mol. The van der Waals surface area contributed by atoms with E-state index in [2.05, 4.69) is 0 Å². The normalized spacial score (nSPS) is 21.4. The summed E-state index contributed by atoms with van der Waals surface area (Å²) in [5.41, 5.74) is 0.693. The van der Waals surface area contributed by atoms with Gasteiger partial charge in [-0.3, -0.25) is 4.79 Å². The summed E-state index contributed by atoms with van der Waals surface area (Å²) in [5, 5.41) is 10.0. The second kappa shape index (κ2) is 4.24. The number of aliphatic hydroxyl groups is 1. The average Bonchev–Trinajstić information content (AvgIpc) is 3.06. The third-order valence-corrected chi connectivity index (χ3v) is 3.03. The van der Waals surface area contributed by atoms with Crippen molar-refractivity contribution in [3.8, 4) is 0 Å². The summed E-state index contributed by atoms with van der Waals surface area (Å²) >= 11 is 0. The van der Waals surface area contributed by atoms with Crippen LogP contribution in [-0.4, -0.2) is 10.9 Å². The lowest BCUT2D eigenvalue weighted by Crippen LogP contribution is -2.06. The summed E-state index contributed by atoms with van der Waals surface area (Å²) in [4.78, 5) is 11.6. The number of Topliss-reactive ketones (excluding diaryl/α,β-unsaturated/α-hetero) is 1. The van der Waals surface area contributed by atoms with Crippen LogP contribution in [0.1, 0.15) is 32.6 Å². The third kappa shape index (κ3) is 1.94. The first-order valence-electron chi connectivity index (χ1n) is 5.67. The van der Waals surface area contributed by atoms with Crippen LogP contribution < -0.4 is 0 Å². The molecule has 0 atom stereocenters. The molecule has 16 heavy (non-hydrogen) atoms.